The van der Waals surface area contributed by atoms with Crippen molar-refractivity contribution in [2.45, 2.75) is 13.5 Å². The molecule has 0 amide bonds. The summed E-state index contributed by atoms with van der Waals surface area (Å²) in [4.78, 5) is 11.2. The lowest BCUT2D eigenvalue weighted by molar-refractivity contribution is -0.109. The number of aromatic nitrogens is 1. The Balaban J connectivity index is 2.18. The molecule has 3 aromatic rings. The van der Waals surface area contributed by atoms with E-state index in [0.29, 0.717) is 0 Å². The lowest BCUT2D eigenvalue weighted by Gasteiger charge is -2.08. The molecule has 0 aliphatic heterocycles. The maximum Gasteiger partial charge on any atom is 0.185 e. The summed E-state index contributed by atoms with van der Waals surface area (Å²) >= 11 is 1.34. The van der Waals surface area contributed by atoms with Gasteiger partial charge in [0.05, 0.1) is 25.3 Å². The van der Waals surface area contributed by atoms with Crippen molar-refractivity contribution in [1.29, 1.82) is 0 Å². The monoisotopic (exact) mass is 329 g/mol. The van der Waals surface area contributed by atoms with Gasteiger partial charge in [0.1, 0.15) is 11.5 Å². The van der Waals surface area contributed by atoms with Crippen LogP contribution in [0.5, 0.6) is 11.5 Å². The Labute approximate surface area is 139 Å². The summed E-state index contributed by atoms with van der Waals surface area (Å²) in [6.07, 6.45) is 0. The molecule has 0 aliphatic rings. The number of carbonyl (C=O) groups excluding carboxylic acids is 1. The molecule has 5 heteroatoms. The number of nitrogens with zero attached hydrogens (tertiary/aromatic N) is 1. The number of methoxy groups -OCH3 is 2. The van der Waals surface area contributed by atoms with Crippen molar-refractivity contribution >= 4 is 38.7 Å². The van der Waals surface area contributed by atoms with Gasteiger partial charge >= 0.3 is 0 Å². The Kier molecular flexibility index (Phi) is 4.48. The predicted octanol–water partition coefficient (Wildman–Crippen LogP) is 4.09. The van der Waals surface area contributed by atoms with E-state index in [1.165, 1.54) is 22.5 Å². The van der Waals surface area contributed by atoms with Gasteiger partial charge in [0, 0.05) is 42.1 Å². The van der Waals surface area contributed by atoms with Crippen LogP contribution in [0.4, 0.5) is 0 Å². The summed E-state index contributed by atoms with van der Waals surface area (Å²) in [5.74, 6) is 2.39. The molecular formula is C18H19NO3S. The van der Waals surface area contributed by atoms with Crippen LogP contribution in [0.25, 0.3) is 21.8 Å². The SMILES string of the molecule is COc1ccc2c3ccc(OC)cc3n(CCSC(C)=O)c2c1. The third kappa shape index (κ3) is 3.01. The summed E-state index contributed by atoms with van der Waals surface area (Å²) in [7, 11) is 3.34. The van der Waals surface area contributed by atoms with Gasteiger partial charge in [0.2, 0.25) is 0 Å². The van der Waals surface area contributed by atoms with Crippen LogP contribution in [0.2, 0.25) is 0 Å². The molecule has 0 saturated carbocycles. The highest BCUT2D eigenvalue weighted by Gasteiger charge is 2.12. The summed E-state index contributed by atoms with van der Waals surface area (Å²) in [5.41, 5.74) is 2.22. The first-order chi connectivity index (χ1) is 11.1. The highest BCUT2D eigenvalue weighted by Crippen LogP contribution is 2.33. The second kappa shape index (κ2) is 6.54. The molecule has 0 unspecified atom stereocenters. The third-order valence-electron chi connectivity index (χ3n) is 3.90. The molecule has 0 N–H and O–H groups in total. The molecule has 0 radical (unpaired) electrons. The van der Waals surface area contributed by atoms with E-state index in [-0.39, 0.29) is 5.12 Å². The van der Waals surface area contributed by atoms with Crippen molar-refractivity contribution in [3.8, 4) is 11.5 Å². The maximum absolute atomic E-state index is 11.2. The second-order valence-corrected chi connectivity index (χ2v) is 6.53. The Bertz CT molecular complexity index is 808. The second-order valence-electron chi connectivity index (χ2n) is 5.26. The minimum Gasteiger partial charge on any atom is -0.497 e. The number of rotatable bonds is 5. The minimum atomic E-state index is 0.140. The van der Waals surface area contributed by atoms with Crippen LogP contribution in [0.1, 0.15) is 6.92 Å². The highest BCUT2D eigenvalue weighted by atomic mass is 32.2. The lowest BCUT2D eigenvalue weighted by Crippen LogP contribution is -2.01. The van der Waals surface area contributed by atoms with E-state index in [2.05, 4.69) is 16.7 Å². The first kappa shape index (κ1) is 15.7. The van der Waals surface area contributed by atoms with Gasteiger partial charge in [0.15, 0.2) is 5.12 Å². The molecule has 1 aromatic heterocycles. The molecule has 1 heterocycles. The van der Waals surface area contributed by atoms with Gasteiger partial charge in [-0.15, -0.1) is 0 Å². The Morgan fingerprint density at radius 2 is 1.52 bits per heavy atom. The molecule has 0 bridgehead atoms. The van der Waals surface area contributed by atoms with E-state index in [9.17, 15) is 4.79 Å². The molecule has 0 spiro atoms. The average molecular weight is 329 g/mol. The first-order valence-corrected chi connectivity index (χ1v) is 8.40. The van der Waals surface area contributed by atoms with Crippen LogP contribution < -0.4 is 9.47 Å². The van der Waals surface area contributed by atoms with E-state index in [4.69, 9.17) is 9.47 Å². The zero-order valence-corrected chi connectivity index (χ0v) is 14.3. The van der Waals surface area contributed by atoms with Crippen LogP contribution >= 0.6 is 11.8 Å². The zero-order valence-electron chi connectivity index (χ0n) is 13.5. The Hall–Kier alpha value is -2.14. The normalized spacial score (nSPS) is 11.1. The molecule has 2 aromatic carbocycles. The molecular weight excluding hydrogens is 310 g/mol. The molecule has 23 heavy (non-hydrogen) atoms. The predicted molar refractivity (Wildman–Crippen MR) is 95.7 cm³/mol. The van der Waals surface area contributed by atoms with E-state index in [0.717, 1.165) is 34.8 Å². The van der Waals surface area contributed by atoms with Gasteiger partial charge in [-0.2, -0.15) is 0 Å². The van der Waals surface area contributed by atoms with Gasteiger partial charge in [-0.05, 0) is 24.3 Å². The van der Waals surface area contributed by atoms with Crippen LogP contribution in [0.15, 0.2) is 36.4 Å². The quantitative estimate of drug-likeness (QED) is 0.707. The van der Waals surface area contributed by atoms with Crippen molar-refractivity contribution in [1.82, 2.24) is 4.57 Å². The summed E-state index contributed by atoms with van der Waals surface area (Å²) in [5, 5.41) is 2.49. The number of hydrogen-bond acceptors (Lipinski definition) is 4. The molecule has 4 nitrogen and oxygen atoms in total. The number of fused-ring (bicyclic) bond motifs is 3. The van der Waals surface area contributed by atoms with Gasteiger partial charge in [-0.3, -0.25) is 4.79 Å². The van der Waals surface area contributed by atoms with E-state index in [1.807, 2.05) is 24.3 Å². The molecule has 3 rings (SSSR count). The summed E-state index contributed by atoms with van der Waals surface area (Å²) in [6, 6.07) is 12.2. The highest BCUT2D eigenvalue weighted by molar-refractivity contribution is 8.13. The fraction of sp³-hybridized carbons (Fsp3) is 0.278. The Morgan fingerprint density at radius 1 is 1.00 bits per heavy atom. The molecule has 0 fully saturated rings. The van der Waals surface area contributed by atoms with Crippen molar-refractivity contribution in [3.05, 3.63) is 36.4 Å². The molecule has 0 saturated heterocycles. The van der Waals surface area contributed by atoms with Crippen LogP contribution in [-0.2, 0) is 11.3 Å². The number of aryl methyl sites for hydroxylation is 1. The van der Waals surface area contributed by atoms with Crippen molar-refractivity contribution in [2.75, 3.05) is 20.0 Å². The third-order valence-corrected chi connectivity index (χ3v) is 4.70. The minimum absolute atomic E-state index is 0.140. The van der Waals surface area contributed by atoms with Crippen molar-refractivity contribution < 1.29 is 14.3 Å². The topological polar surface area (TPSA) is 40.5 Å². The molecule has 120 valence electrons. The Morgan fingerprint density at radius 3 is 1.96 bits per heavy atom. The first-order valence-electron chi connectivity index (χ1n) is 7.41. The van der Waals surface area contributed by atoms with Crippen LogP contribution in [0, 0.1) is 0 Å². The number of hydrogen-bond donors (Lipinski definition) is 0. The van der Waals surface area contributed by atoms with E-state index < -0.39 is 0 Å². The van der Waals surface area contributed by atoms with Gasteiger partial charge in [-0.1, -0.05) is 11.8 Å². The van der Waals surface area contributed by atoms with E-state index in [1.54, 1.807) is 21.1 Å². The molecule has 0 aliphatic carbocycles. The van der Waals surface area contributed by atoms with Crippen molar-refractivity contribution in [2.24, 2.45) is 0 Å². The largest absolute Gasteiger partial charge is 0.497 e. The smallest absolute Gasteiger partial charge is 0.185 e. The fourth-order valence-corrected chi connectivity index (χ4v) is 3.39. The number of thioether (sulfide) groups is 1. The zero-order chi connectivity index (χ0) is 16.4. The average Bonchev–Trinajstić information content (AvgIpc) is 2.87. The van der Waals surface area contributed by atoms with Gasteiger partial charge in [-0.25, -0.2) is 0 Å². The number of ether oxygens (including phenoxy) is 2. The fourth-order valence-electron chi connectivity index (χ4n) is 2.83. The summed E-state index contributed by atoms with van der Waals surface area (Å²) in [6.45, 7) is 2.35. The van der Waals surface area contributed by atoms with Gasteiger partial charge in [0.25, 0.3) is 0 Å². The number of carbonyl (C=O) groups is 1. The van der Waals surface area contributed by atoms with E-state index >= 15 is 0 Å². The van der Waals surface area contributed by atoms with Crippen LogP contribution in [-0.4, -0.2) is 29.7 Å². The standard InChI is InChI=1S/C18H19NO3S/c1-12(20)23-9-8-19-17-10-13(21-2)4-6-15(17)16-7-5-14(22-3)11-18(16)19/h4-7,10-11H,8-9H2,1-3H3. The van der Waals surface area contributed by atoms with Crippen molar-refractivity contribution in [3.63, 3.8) is 0 Å². The summed E-state index contributed by atoms with van der Waals surface area (Å²) < 4.78 is 13.0. The maximum atomic E-state index is 11.2. The lowest BCUT2D eigenvalue weighted by atomic mass is 10.1. The van der Waals surface area contributed by atoms with Gasteiger partial charge < -0.3 is 14.0 Å². The molecule has 0 atom stereocenters. The van der Waals surface area contributed by atoms with Crippen LogP contribution in [0.3, 0.4) is 0 Å². The number of benzene rings is 2.